The minimum absolute atomic E-state index is 0.443. The standard InChI is InChI=1S/C19H24ClN3O2/c20-16-4-1-3-15(11-16)18-12-21-19(25-18)14-23-8-6-22(7-9-23)13-17-5-2-10-24-17/h1,3-4,11-12,17H,2,5-10,13-14H2. The van der Waals surface area contributed by atoms with Crippen LogP contribution in [0.2, 0.25) is 5.02 Å². The molecule has 2 aromatic rings. The molecule has 0 aliphatic carbocycles. The van der Waals surface area contributed by atoms with E-state index in [0.717, 1.165) is 63.1 Å². The smallest absolute Gasteiger partial charge is 0.209 e. The van der Waals surface area contributed by atoms with Crippen LogP contribution in [0.5, 0.6) is 0 Å². The van der Waals surface area contributed by atoms with E-state index in [1.54, 1.807) is 6.20 Å². The summed E-state index contributed by atoms with van der Waals surface area (Å²) in [5, 5.41) is 0.706. The third-order valence-electron chi connectivity index (χ3n) is 4.97. The van der Waals surface area contributed by atoms with Crippen LogP contribution in [0.25, 0.3) is 11.3 Å². The Labute approximate surface area is 153 Å². The highest BCUT2D eigenvalue weighted by Gasteiger charge is 2.23. The van der Waals surface area contributed by atoms with Crippen LogP contribution >= 0.6 is 11.6 Å². The Balaban J connectivity index is 1.29. The van der Waals surface area contributed by atoms with Crippen LogP contribution in [0.15, 0.2) is 34.9 Å². The predicted molar refractivity (Wildman–Crippen MR) is 97.6 cm³/mol. The number of halogens is 1. The summed E-state index contributed by atoms with van der Waals surface area (Å²) in [7, 11) is 0. The Bertz CT molecular complexity index is 691. The van der Waals surface area contributed by atoms with Crippen molar-refractivity contribution < 1.29 is 9.15 Å². The number of hydrogen-bond acceptors (Lipinski definition) is 5. The summed E-state index contributed by atoms with van der Waals surface area (Å²) in [5.74, 6) is 1.54. The van der Waals surface area contributed by atoms with Crippen molar-refractivity contribution in [3.63, 3.8) is 0 Å². The average Bonchev–Trinajstić information content (AvgIpc) is 3.29. The molecule has 4 rings (SSSR count). The minimum atomic E-state index is 0.443. The lowest BCUT2D eigenvalue weighted by Crippen LogP contribution is -2.48. The number of piperazine rings is 1. The largest absolute Gasteiger partial charge is 0.439 e. The van der Waals surface area contributed by atoms with Gasteiger partial charge in [0.2, 0.25) is 5.89 Å². The van der Waals surface area contributed by atoms with Crippen LogP contribution in [0.4, 0.5) is 0 Å². The fourth-order valence-corrected chi connectivity index (χ4v) is 3.75. The van der Waals surface area contributed by atoms with Crippen LogP contribution in [-0.4, -0.2) is 60.2 Å². The average molecular weight is 362 g/mol. The van der Waals surface area contributed by atoms with Crippen LogP contribution < -0.4 is 0 Å². The Hall–Kier alpha value is -1.40. The summed E-state index contributed by atoms with van der Waals surface area (Å²) in [6, 6.07) is 7.67. The molecule has 1 aromatic carbocycles. The van der Waals surface area contributed by atoms with E-state index in [4.69, 9.17) is 20.8 Å². The molecular weight excluding hydrogens is 338 g/mol. The highest BCUT2D eigenvalue weighted by Crippen LogP contribution is 2.24. The number of oxazole rings is 1. The minimum Gasteiger partial charge on any atom is -0.439 e. The van der Waals surface area contributed by atoms with Crippen LogP contribution in [0.1, 0.15) is 18.7 Å². The number of aromatic nitrogens is 1. The number of benzene rings is 1. The van der Waals surface area contributed by atoms with Crippen LogP contribution in [-0.2, 0) is 11.3 Å². The van der Waals surface area contributed by atoms with Crippen molar-refractivity contribution >= 4 is 11.6 Å². The van der Waals surface area contributed by atoms with E-state index in [2.05, 4.69) is 14.8 Å². The Morgan fingerprint density at radius 3 is 2.76 bits per heavy atom. The van der Waals surface area contributed by atoms with Crippen molar-refractivity contribution in [3.05, 3.63) is 41.4 Å². The molecular formula is C19H24ClN3O2. The maximum Gasteiger partial charge on any atom is 0.209 e. The number of ether oxygens (including phenoxy) is 1. The third kappa shape index (κ3) is 4.42. The van der Waals surface area contributed by atoms with E-state index in [1.165, 1.54) is 12.8 Å². The highest BCUT2D eigenvalue weighted by atomic mass is 35.5. The summed E-state index contributed by atoms with van der Waals surface area (Å²) in [4.78, 5) is 9.35. The molecule has 2 aliphatic rings. The maximum absolute atomic E-state index is 6.05. The van der Waals surface area contributed by atoms with Crippen molar-refractivity contribution in [1.82, 2.24) is 14.8 Å². The van der Waals surface area contributed by atoms with Gasteiger partial charge in [-0.05, 0) is 25.0 Å². The van der Waals surface area contributed by atoms with Crippen molar-refractivity contribution in [3.8, 4) is 11.3 Å². The summed E-state index contributed by atoms with van der Waals surface area (Å²) in [6.07, 6.45) is 4.65. The van der Waals surface area contributed by atoms with Gasteiger partial charge >= 0.3 is 0 Å². The maximum atomic E-state index is 6.05. The van der Waals surface area contributed by atoms with Crippen molar-refractivity contribution in [2.75, 3.05) is 39.3 Å². The summed E-state index contributed by atoms with van der Waals surface area (Å²) >= 11 is 6.05. The molecule has 2 saturated heterocycles. The van der Waals surface area contributed by atoms with E-state index in [9.17, 15) is 0 Å². The fraction of sp³-hybridized carbons (Fsp3) is 0.526. The zero-order chi connectivity index (χ0) is 17.1. The van der Waals surface area contributed by atoms with Gasteiger partial charge in [-0.3, -0.25) is 9.80 Å². The number of nitrogens with zero attached hydrogens (tertiary/aromatic N) is 3. The van der Waals surface area contributed by atoms with E-state index < -0.39 is 0 Å². The first-order chi connectivity index (χ1) is 12.3. The number of hydrogen-bond donors (Lipinski definition) is 0. The zero-order valence-corrected chi connectivity index (χ0v) is 15.1. The monoisotopic (exact) mass is 361 g/mol. The Kier molecular flexibility index (Phi) is 5.36. The van der Waals surface area contributed by atoms with Gasteiger partial charge in [0.25, 0.3) is 0 Å². The van der Waals surface area contributed by atoms with Gasteiger partial charge in [-0.25, -0.2) is 4.98 Å². The van der Waals surface area contributed by atoms with Crippen molar-refractivity contribution in [2.45, 2.75) is 25.5 Å². The first-order valence-corrected chi connectivity index (χ1v) is 9.41. The molecule has 25 heavy (non-hydrogen) atoms. The lowest BCUT2D eigenvalue weighted by atomic mass is 10.2. The lowest BCUT2D eigenvalue weighted by Gasteiger charge is -2.35. The van der Waals surface area contributed by atoms with E-state index in [1.807, 2.05) is 24.3 Å². The zero-order valence-electron chi connectivity index (χ0n) is 14.4. The first-order valence-electron chi connectivity index (χ1n) is 9.03. The van der Waals surface area contributed by atoms with Crippen molar-refractivity contribution in [2.24, 2.45) is 0 Å². The van der Waals surface area contributed by atoms with E-state index in [0.29, 0.717) is 11.1 Å². The second-order valence-electron chi connectivity index (χ2n) is 6.84. The summed E-state index contributed by atoms with van der Waals surface area (Å²) < 4.78 is 11.7. The molecule has 2 aliphatic heterocycles. The topological polar surface area (TPSA) is 41.7 Å². The molecule has 0 bridgehead atoms. The molecule has 2 fully saturated rings. The normalized spacial score (nSPS) is 22.5. The SMILES string of the molecule is Clc1cccc(-c2cnc(CN3CCN(CC4CCCO4)CC3)o2)c1. The van der Waals surface area contributed by atoms with Crippen LogP contribution in [0.3, 0.4) is 0 Å². The van der Waals surface area contributed by atoms with Gasteiger partial charge in [-0.2, -0.15) is 0 Å². The molecule has 134 valence electrons. The van der Waals surface area contributed by atoms with Gasteiger partial charge in [0.15, 0.2) is 5.76 Å². The predicted octanol–water partition coefficient (Wildman–Crippen LogP) is 3.29. The van der Waals surface area contributed by atoms with Gasteiger partial charge < -0.3 is 9.15 Å². The second-order valence-corrected chi connectivity index (χ2v) is 7.28. The van der Waals surface area contributed by atoms with Crippen molar-refractivity contribution in [1.29, 1.82) is 0 Å². The van der Waals surface area contributed by atoms with E-state index >= 15 is 0 Å². The fourth-order valence-electron chi connectivity index (χ4n) is 3.56. The van der Waals surface area contributed by atoms with Gasteiger partial charge in [0, 0.05) is 49.9 Å². The highest BCUT2D eigenvalue weighted by molar-refractivity contribution is 6.30. The third-order valence-corrected chi connectivity index (χ3v) is 5.21. The molecule has 5 nitrogen and oxygen atoms in total. The Morgan fingerprint density at radius 2 is 2.00 bits per heavy atom. The van der Waals surface area contributed by atoms with Crippen LogP contribution in [0, 0.1) is 0 Å². The molecule has 0 saturated carbocycles. The Morgan fingerprint density at radius 1 is 1.16 bits per heavy atom. The van der Waals surface area contributed by atoms with Gasteiger partial charge in [-0.15, -0.1) is 0 Å². The van der Waals surface area contributed by atoms with Gasteiger partial charge in [-0.1, -0.05) is 23.7 Å². The molecule has 1 aromatic heterocycles. The molecule has 1 atom stereocenters. The summed E-state index contributed by atoms with van der Waals surface area (Å²) in [5.41, 5.74) is 0.965. The molecule has 3 heterocycles. The molecule has 0 spiro atoms. The first kappa shape index (κ1) is 17.0. The quantitative estimate of drug-likeness (QED) is 0.817. The lowest BCUT2D eigenvalue weighted by molar-refractivity contribution is 0.0473. The molecule has 0 amide bonds. The number of rotatable bonds is 5. The molecule has 0 N–H and O–H groups in total. The molecule has 6 heteroatoms. The second kappa shape index (κ2) is 7.87. The van der Waals surface area contributed by atoms with E-state index in [-0.39, 0.29) is 0 Å². The van der Waals surface area contributed by atoms with Gasteiger partial charge in [0.1, 0.15) is 0 Å². The molecule has 1 unspecified atom stereocenters. The van der Waals surface area contributed by atoms with Gasteiger partial charge in [0.05, 0.1) is 18.8 Å². The molecule has 0 radical (unpaired) electrons. The summed E-state index contributed by atoms with van der Waals surface area (Å²) in [6.45, 7) is 7.02.